The number of hydrogen-bond acceptors (Lipinski definition) is 7. The Hall–Kier alpha value is -2.42. The minimum absolute atomic E-state index is 0.157. The number of nitrogens with one attached hydrogen (secondary N) is 1. The van der Waals surface area contributed by atoms with E-state index in [0.29, 0.717) is 23.8 Å². The van der Waals surface area contributed by atoms with Crippen LogP contribution in [0.25, 0.3) is 11.1 Å². The molecular formula is C20H24N2O5S. The molecule has 7 nitrogen and oxygen atoms in total. The van der Waals surface area contributed by atoms with Crippen LogP contribution in [0.4, 0.5) is 5.00 Å². The van der Waals surface area contributed by atoms with E-state index in [1.807, 2.05) is 34.5 Å². The molecule has 1 aromatic heterocycles. The van der Waals surface area contributed by atoms with Crippen LogP contribution >= 0.6 is 11.3 Å². The third-order valence-electron chi connectivity index (χ3n) is 4.40. The van der Waals surface area contributed by atoms with Crippen molar-refractivity contribution >= 4 is 28.2 Å². The zero-order valence-corrected chi connectivity index (χ0v) is 16.8. The number of ether oxygens (including phenoxy) is 3. The van der Waals surface area contributed by atoms with Gasteiger partial charge in [0.05, 0.1) is 33.5 Å². The fraction of sp³-hybridized carbons (Fsp3) is 0.400. The molecule has 1 amide bonds. The van der Waals surface area contributed by atoms with E-state index in [2.05, 4.69) is 5.32 Å². The summed E-state index contributed by atoms with van der Waals surface area (Å²) in [6.45, 7) is 4.98. The van der Waals surface area contributed by atoms with E-state index in [-0.39, 0.29) is 19.1 Å². The van der Waals surface area contributed by atoms with E-state index >= 15 is 0 Å². The molecule has 0 atom stereocenters. The average Bonchev–Trinajstić information content (AvgIpc) is 3.12. The van der Waals surface area contributed by atoms with Crippen LogP contribution in [-0.2, 0) is 14.3 Å². The van der Waals surface area contributed by atoms with Crippen molar-refractivity contribution in [3.63, 3.8) is 0 Å². The van der Waals surface area contributed by atoms with Gasteiger partial charge in [-0.1, -0.05) is 12.1 Å². The molecule has 0 spiro atoms. The van der Waals surface area contributed by atoms with Gasteiger partial charge in [0.25, 0.3) is 0 Å². The first-order chi connectivity index (χ1) is 13.6. The second kappa shape index (κ2) is 9.68. The molecule has 0 saturated carbocycles. The van der Waals surface area contributed by atoms with Crippen molar-refractivity contribution < 1.29 is 23.8 Å². The summed E-state index contributed by atoms with van der Waals surface area (Å²) in [6.07, 6.45) is 0. The molecule has 150 valence electrons. The highest BCUT2D eigenvalue weighted by Gasteiger charge is 2.23. The summed E-state index contributed by atoms with van der Waals surface area (Å²) in [5.74, 6) is 0.127. The van der Waals surface area contributed by atoms with Crippen molar-refractivity contribution in [1.82, 2.24) is 4.90 Å². The van der Waals surface area contributed by atoms with Gasteiger partial charge in [0.1, 0.15) is 16.3 Å². The van der Waals surface area contributed by atoms with E-state index < -0.39 is 5.97 Å². The summed E-state index contributed by atoms with van der Waals surface area (Å²) in [5.41, 5.74) is 1.97. The van der Waals surface area contributed by atoms with Crippen molar-refractivity contribution in [1.29, 1.82) is 0 Å². The van der Waals surface area contributed by atoms with Gasteiger partial charge in [-0.05, 0) is 24.6 Å². The van der Waals surface area contributed by atoms with E-state index in [1.54, 1.807) is 14.0 Å². The van der Waals surface area contributed by atoms with Crippen molar-refractivity contribution in [2.45, 2.75) is 6.92 Å². The molecule has 3 rings (SSSR count). The first-order valence-electron chi connectivity index (χ1n) is 9.15. The summed E-state index contributed by atoms with van der Waals surface area (Å²) < 4.78 is 15.7. The molecule has 0 radical (unpaired) electrons. The third kappa shape index (κ3) is 4.89. The van der Waals surface area contributed by atoms with Gasteiger partial charge >= 0.3 is 5.97 Å². The number of morpholine rings is 1. The van der Waals surface area contributed by atoms with Gasteiger partial charge in [0, 0.05) is 24.0 Å². The number of anilines is 1. The first kappa shape index (κ1) is 20.3. The average molecular weight is 404 g/mol. The first-order valence-corrected chi connectivity index (χ1v) is 10.0. The third-order valence-corrected chi connectivity index (χ3v) is 5.29. The minimum Gasteiger partial charge on any atom is -0.497 e. The zero-order chi connectivity index (χ0) is 19.9. The van der Waals surface area contributed by atoms with Gasteiger partial charge in [-0.3, -0.25) is 9.69 Å². The maximum atomic E-state index is 12.6. The lowest BCUT2D eigenvalue weighted by molar-refractivity contribution is -0.118. The largest absolute Gasteiger partial charge is 0.497 e. The van der Waals surface area contributed by atoms with Crippen LogP contribution < -0.4 is 10.1 Å². The molecule has 1 aliphatic rings. The van der Waals surface area contributed by atoms with E-state index in [0.717, 1.165) is 30.0 Å². The van der Waals surface area contributed by atoms with Crippen LogP contribution in [0.5, 0.6) is 5.75 Å². The Morgan fingerprint density at radius 1 is 1.21 bits per heavy atom. The number of esters is 1. The van der Waals surface area contributed by atoms with Crippen LogP contribution in [0.3, 0.4) is 0 Å². The van der Waals surface area contributed by atoms with E-state index in [1.165, 1.54) is 11.3 Å². The Labute approximate surface area is 168 Å². The molecule has 8 heteroatoms. The van der Waals surface area contributed by atoms with Gasteiger partial charge in [0.15, 0.2) is 0 Å². The quantitative estimate of drug-likeness (QED) is 0.715. The Morgan fingerprint density at radius 3 is 2.57 bits per heavy atom. The number of methoxy groups -OCH3 is 1. The van der Waals surface area contributed by atoms with Crippen LogP contribution in [0.1, 0.15) is 17.3 Å². The highest BCUT2D eigenvalue weighted by Crippen LogP contribution is 2.36. The molecule has 1 N–H and O–H groups in total. The molecule has 1 aliphatic heterocycles. The number of hydrogen-bond donors (Lipinski definition) is 1. The summed E-state index contributed by atoms with van der Waals surface area (Å²) >= 11 is 1.32. The molecule has 0 bridgehead atoms. The number of amides is 1. The monoisotopic (exact) mass is 404 g/mol. The lowest BCUT2D eigenvalue weighted by Gasteiger charge is -2.25. The number of benzene rings is 1. The van der Waals surface area contributed by atoms with Crippen LogP contribution in [0.2, 0.25) is 0 Å². The van der Waals surface area contributed by atoms with Gasteiger partial charge in [-0.25, -0.2) is 4.79 Å². The molecule has 28 heavy (non-hydrogen) atoms. The fourth-order valence-electron chi connectivity index (χ4n) is 2.97. The molecule has 0 unspecified atom stereocenters. The maximum Gasteiger partial charge on any atom is 0.341 e. The summed E-state index contributed by atoms with van der Waals surface area (Å²) in [6, 6.07) is 7.42. The predicted molar refractivity (Wildman–Crippen MR) is 108 cm³/mol. The summed E-state index contributed by atoms with van der Waals surface area (Å²) in [5, 5.41) is 5.24. The minimum atomic E-state index is -0.448. The van der Waals surface area contributed by atoms with E-state index in [4.69, 9.17) is 14.2 Å². The van der Waals surface area contributed by atoms with Gasteiger partial charge in [-0.15, -0.1) is 11.3 Å². The van der Waals surface area contributed by atoms with Gasteiger partial charge in [0.2, 0.25) is 5.91 Å². The van der Waals surface area contributed by atoms with Crippen molar-refractivity contribution in [2.24, 2.45) is 0 Å². The highest BCUT2D eigenvalue weighted by molar-refractivity contribution is 7.15. The Morgan fingerprint density at radius 2 is 1.93 bits per heavy atom. The summed E-state index contributed by atoms with van der Waals surface area (Å²) in [7, 11) is 1.60. The molecule has 1 aromatic carbocycles. The smallest absolute Gasteiger partial charge is 0.341 e. The van der Waals surface area contributed by atoms with Crippen molar-refractivity contribution in [3.05, 3.63) is 35.2 Å². The van der Waals surface area contributed by atoms with Crippen molar-refractivity contribution in [2.75, 3.05) is 51.9 Å². The Kier molecular flexibility index (Phi) is 7.02. The molecule has 0 aliphatic carbocycles. The maximum absolute atomic E-state index is 12.6. The van der Waals surface area contributed by atoms with E-state index in [9.17, 15) is 9.59 Å². The molecule has 2 heterocycles. The van der Waals surface area contributed by atoms with Gasteiger partial charge in [-0.2, -0.15) is 0 Å². The topological polar surface area (TPSA) is 77.1 Å². The number of rotatable bonds is 7. The SMILES string of the molecule is CCOC(=O)c1c(-c2ccc(OC)cc2)csc1NC(=O)CN1CCOCC1. The predicted octanol–water partition coefficient (Wildman–Crippen LogP) is 2.87. The number of thiophene rings is 1. The molecular weight excluding hydrogens is 380 g/mol. The standard InChI is InChI=1S/C20H24N2O5S/c1-3-27-20(24)18-16(14-4-6-15(25-2)7-5-14)13-28-19(18)21-17(23)12-22-8-10-26-11-9-22/h4-7,13H,3,8-12H2,1-2H3,(H,21,23). The van der Waals surface area contributed by atoms with Crippen LogP contribution in [0.15, 0.2) is 29.6 Å². The second-order valence-electron chi connectivity index (χ2n) is 6.24. The fourth-order valence-corrected chi connectivity index (χ4v) is 3.94. The number of carbonyl (C=O) groups is 2. The van der Waals surface area contributed by atoms with Crippen LogP contribution in [-0.4, -0.2) is 63.3 Å². The Balaban J connectivity index is 1.82. The lowest BCUT2D eigenvalue weighted by Crippen LogP contribution is -2.41. The summed E-state index contributed by atoms with van der Waals surface area (Å²) in [4.78, 5) is 27.1. The van der Waals surface area contributed by atoms with Crippen molar-refractivity contribution in [3.8, 4) is 16.9 Å². The molecule has 1 saturated heterocycles. The second-order valence-corrected chi connectivity index (χ2v) is 7.12. The number of carbonyl (C=O) groups excluding carboxylic acids is 2. The normalized spacial score (nSPS) is 14.5. The zero-order valence-electron chi connectivity index (χ0n) is 16.0. The number of nitrogens with zero attached hydrogens (tertiary/aromatic N) is 1. The molecule has 1 fully saturated rings. The highest BCUT2D eigenvalue weighted by atomic mass is 32.1. The van der Waals surface area contributed by atoms with Gasteiger partial charge < -0.3 is 19.5 Å². The molecule has 2 aromatic rings. The Bertz CT molecular complexity index is 813. The lowest BCUT2D eigenvalue weighted by atomic mass is 10.0. The van der Waals surface area contributed by atoms with Crippen LogP contribution in [0, 0.1) is 0 Å².